The first kappa shape index (κ1) is 25.3. The van der Waals surface area contributed by atoms with Gasteiger partial charge in [-0.15, -0.1) is 23.2 Å². The van der Waals surface area contributed by atoms with Gasteiger partial charge in [0, 0.05) is 11.5 Å². The standard InChI is InChI=1S/C26H20BrCl2N3O6/c27-10-31-22(36)25(28)9-15-13(6-7-14-17(15)21(35)32(20(14)34)24(30)38)19(26(25,29)23(31)37)18-12-4-2-1-3-11(12)5-8-16(18)33/h1-6,8,14-15,17,19,33H,7,9-10H2,(H2,30,38)/t14-,15+,17-,19+,25+,26-/m0/s1. The van der Waals surface area contributed by atoms with Crippen molar-refractivity contribution < 1.29 is 29.1 Å². The number of carbonyl (C=O) groups is 5. The maximum atomic E-state index is 13.9. The van der Waals surface area contributed by atoms with Crippen molar-refractivity contribution in [3.63, 3.8) is 0 Å². The van der Waals surface area contributed by atoms with Gasteiger partial charge in [0.1, 0.15) is 5.75 Å². The minimum absolute atomic E-state index is 0.0828. The summed E-state index contributed by atoms with van der Waals surface area (Å²) in [6.45, 7) is 0. The smallest absolute Gasteiger partial charge is 0.328 e. The number of nitrogens with two attached hydrogens (primary N) is 1. The molecular weight excluding hydrogens is 601 g/mol. The molecule has 0 aromatic heterocycles. The molecule has 6 amide bonds. The average Bonchev–Trinajstić information content (AvgIpc) is 3.22. The zero-order chi connectivity index (χ0) is 27.3. The number of halogens is 3. The Kier molecular flexibility index (Phi) is 5.52. The molecule has 2 aromatic rings. The number of benzene rings is 2. The molecule has 2 aromatic carbocycles. The van der Waals surface area contributed by atoms with Gasteiger partial charge in [-0.3, -0.25) is 24.1 Å². The van der Waals surface area contributed by atoms with E-state index in [4.69, 9.17) is 28.9 Å². The second kappa shape index (κ2) is 8.27. The second-order valence-corrected chi connectivity index (χ2v) is 11.8. The van der Waals surface area contributed by atoms with E-state index in [0.717, 1.165) is 10.3 Å². The maximum Gasteiger partial charge on any atom is 0.328 e. The van der Waals surface area contributed by atoms with Gasteiger partial charge in [0.15, 0.2) is 9.75 Å². The van der Waals surface area contributed by atoms with Gasteiger partial charge in [-0.1, -0.05) is 57.9 Å². The minimum atomic E-state index is -2.05. The van der Waals surface area contributed by atoms with Crippen molar-refractivity contribution in [3.8, 4) is 5.75 Å². The lowest BCUT2D eigenvalue weighted by atomic mass is 9.56. The van der Waals surface area contributed by atoms with E-state index >= 15 is 0 Å². The highest BCUT2D eigenvalue weighted by molar-refractivity contribution is 9.09. The predicted octanol–water partition coefficient (Wildman–Crippen LogP) is 3.34. The number of hydrogen-bond acceptors (Lipinski definition) is 6. The summed E-state index contributed by atoms with van der Waals surface area (Å²) < 4.78 is 0. The number of phenolic OH excluding ortho intramolecular Hbond substituents is 1. The lowest BCUT2D eigenvalue weighted by Crippen LogP contribution is -2.60. The van der Waals surface area contributed by atoms with Crippen LogP contribution < -0.4 is 5.73 Å². The molecule has 1 saturated carbocycles. The van der Waals surface area contributed by atoms with Crippen LogP contribution in [0.25, 0.3) is 10.8 Å². The van der Waals surface area contributed by atoms with Gasteiger partial charge in [-0.2, -0.15) is 4.90 Å². The molecule has 0 spiro atoms. The fraction of sp³-hybridized carbons (Fsp3) is 0.346. The molecule has 3 N–H and O–H groups in total. The van der Waals surface area contributed by atoms with E-state index < -0.39 is 63.1 Å². The van der Waals surface area contributed by atoms with Gasteiger partial charge in [-0.25, -0.2) is 4.79 Å². The number of fused-ring (bicyclic) bond motifs is 5. The molecule has 6 rings (SSSR count). The Morgan fingerprint density at radius 2 is 1.76 bits per heavy atom. The number of hydrogen-bond donors (Lipinski definition) is 2. The highest BCUT2D eigenvalue weighted by Crippen LogP contribution is 2.66. The third-order valence-electron chi connectivity index (χ3n) is 8.47. The van der Waals surface area contributed by atoms with Crippen molar-refractivity contribution in [1.82, 2.24) is 9.80 Å². The molecule has 0 bridgehead atoms. The van der Waals surface area contributed by atoms with Crippen molar-refractivity contribution in [3.05, 3.63) is 53.6 Å². The molecule has 12 heteroatoms. The number of likely N-dealkylation sites (tertiary alicyclic amines) is 2. The van der Waals surface area contributed by atoms with E-state index in [1.165, 1.54) is 6.07 Å². The van der Waals surface area contributed by atoms with E-state index in [0.29, 0.717) is 21.4 Å². The van der Waals surface area contributed by atoms with Crippen molar-refractivity contribution in [2.75, 3.05) is 5.45 Å². The fourth-order valence-corrected chi connectivity index (χ4v) is 8.28. The zero-order valence-corrected chi connectivity index (χ0v) is 22.7. The van der Waals surface area contributed by atoms with Crippen molar-refractivity contribution in [2.24, 2.45) is 23.5 Å². The molecule has 6 atom stereocenters. The molecule has 2 aliphatic heterocycles. The number of amides is 6. The van der Waals surface area contributed by atoms with Gasteiger partial charge in [0.25, 0.3) is 11.8 Å². The fourth-order valence-electron chi connectivity index (χ4n) is 6.87. The minimum Gasteiger partial charge on any atom is -0.508 e. The van der Waals surface area contributed by atoms with Crippen LogP contribution in [0.2, 0.25) is 0 Å². The topological polar surface area (TPSA) is 138 Å². The first-order valence-electron chi connectivity index (χ1n) is 11.9. The summed E-state index contributed by atoms with van der Waals surface area (Å²) >= 11 is 17.5. The molecule has 2 aliphatic carbocycles. The summed E-state index contributed by atoms with van der Waals surface area (Å²) in [5, 5.41) is 12.5. The number of urea groups is 1. The summed E-state index contributed by atoms with van der Waals surface area (Å²) in [7, 11) is 0. The molecule has 3 fully saturated rings. The van der Waals surface area contributed by atoms with Gasteiger partial charge in [-0.05, 0) is 35.6 Å². The Morgan fingerprint density at radius 1 is 1.05 bits per heavy atom. The maximum absolute atomic E-state index is 13.9. The molecule has 4 aliphatic rings. The highest BCUT2D eigenvalue weighted by Gasteiger charge is 2.76. The van der Waals surface area contributed by atoms with Crippen LogP contribution in [0.3, 0.4) is 0 Å². The van der Waals surface area contributed by atoms with Crippen LogP contribution in [-0.2, 0) is 19.2 Å². The Labute approximate surface area is 234 Å². The van der Waals surface area contributed by atoms with E-state index in [1.54, 1.807) is 24.3 Å². The highest BCUT2D eigenvalue weighted by atomic mass is 79.9. The number of aromatic hydroxyl groups is 1. The molecule has 196 valence electrons. The monoisotopic (exact) mass is 619 g/mol. The van der Waals surface area contributed by atoms with Gasteiger partial charge in [0.05, 0.1) is 17.3 Å². The number of imide groups is 4. The van der Waals surface area contributed by atoms with E-state index in [2.05, 4.69) is 15.9 Å². The third kappa shape index (κ3) is 2.91. The first-order chi connectivity index (χ1) is 18.0. The van der Waals surface area contributed by atoms with Crippen molar-refractivity contribution >= 4 is 79.6 Å². The van der Waals surface area contributed by atoms with E-state index in [-0.39, 0.29) is 24.0 Å². The van der Waals surface area contributed by atoms with E-state index in [9.17, 15) is 29.1 Å². The summed E-state index contributed by atoms with van der Waals surface area (Å²) in [5.41, 5.74) is 5.98. The Morgan fingerprint density at radius 3 is 2.45 bits per heavy atom. The first-order valence-corrected chi connectivity index (χ1v) is 13.7. The van der Waals surface area contributed by atoms with Gasteiger partial charge < -0.3 is 10.8 Å². The number of alkyl halides is 3. The molecule has 0 unspecified atom stereocenters. The van der Waals surface area contributed by atoms with Crippen LogP contribution in [-0.4, -0.2) is 59.8 Å². The van der Waals surface area contributed by atoms with Crippen molar-refractivity contribution in [2.45, 2.75) is 28.5 Å². The van der Waals surface area contributed by atoms with Crippen LogP contribution in [0.15, 0.2) is 48.0 Å². The molecule has 2 heterocycles. The number of nitrogens with zero attached hydrogens (tertiary/aromatic N) is 2. The van der Waals surface area contributed by atoms with Gasteiger partial charge in [0.2, 0.25) is 11.8 Å². The summed E-state index contributed by atoms with van der Waals surface area (Å²) in [6.07, 6.45) is 1.58. The lowest BCUT2D eigenvalue weighted by molar-refractivity contribution is -0.139. The molecule has 2 saturated heterocycles. The number of allylic oxidation sites excluding steroid dienone is 2. The number of phenols is 1. The Bertz CT molecular complexity index is 1530. The third-order valence-corrected chi connectivity index (χ3v) is 10.4. The molecule has 0 radical (unpaired) electrons. The normalized spacial score (nSPS) is 34.3. The predicted molar refractivity (Wildman–Crippen MR) is 140 cm³/mol. The molecule has 9 nitrogen and oxygen atoms in total. The Hall–Kier alpha value is -2.95. The lowest BCUT2D eigenvalue weighted by Gasteiger charge is -2.51. The van der Waals surface area contributed by atoms with Crippen LogP contribution in [0.1, 0.15) is 24.3 Å². The zero-order valence-electron chi connectivity index (χ0n) is 19.6. The number of primary amides is 1. The van der Waals surface area contributed by atoms with Crippen LogP contribution in [0.5, 0.6) is 5.75 Å². The second-order valence-electron chi connectivity index (χ2n) is 10.1. The van der Waals surface area contributed by atoms with E-state index in [1.807, 2.05) is 12.1 Å². The quantitative estimate of drug-likeness (QED) is 0.229. The van der Waals surface area contributed by atoms with Gasteiger partial charge >= 0.3 is 6.03 Å². The number of carbonyl (C=O) groups excluding carboxylic acids is 5. The summed E-state index contributed by atoms with van der Waals surface area (Å²) in [5.74, 6) is -7.00. The summed E-state index contributed by atoms with van der Waals surface area (Å²) in [6, 6.07) is 9.19. The Balaban J connectivity index is 1.65. The van der Waals surface area contributed by atoms with Crippen LogP contribution in [0, 0.1) is 17.8 Å². The van der Waals surface area contributed by atoms with Crippen LogP contribution in [0.4, 0.5) is 4.79 Å². The van der Waals surface area contributed by atoms with Crippen molar-refractivity contribution in [1.29, 1.82) is 0 Å². The summed E-state index contributed by atoms with van der Waals surface area (Å²) in [4.78, 5) is 63.2. The largest absolute Gasteiger partial charge is 0.508 e. The SMILES string of the molecule is NC(=O)N1C(=O)[C@H]2[C@H](CC=C3[C@H]2C[C@@]2(Cl)C(=O)N(CBr)C(=O)[C@@]2(Cl)[C@H]3c2c(O)ccc3ccccc23)C1=O. The average molecular weight is 621 g/mol. The number of rotatable bonds is 2. The molecular formula is C26H20BrCl2N3O6. The molecule has 38 heavy (non-hydrogen) atoms. The van der Waals surface area contributed by atoms with Crippen LogP contribution >= 0.6 is 39.1 Å².